The van der Waals surface area contributed by atoms with Crippen molar-refractivity contribution in [3.8, 4) is 0 Å². The fourth-order valence-corrected chi connectivity index (χ4v) is 3.83. The maximum absolute atomic E-state index is 12.8. The summed E-state index contributed by atoms with van der Waals surface area (Å²) >= 11 is 0. The molecule has 2 N–H and O–H groups in total. The summed E-state index contributed by atoms with van der Waals surface area (Å²) in [6, 6.07) is 18.3. The van der Waals surface area contributed by atoms with Crippen LogP contribution in [0.1, 0.15) is 37.7 Å². The third kappa shape index (κ3) is 2.88. The van der Waals surface area contributed by atoms with Gasteiger partial charge in [-0.15, -0.1) is 0 Å². The number of rotatable bonds is 3. The lowest BCUT2D eigenvalue weighted by molar-refractivity contribution is 0.120. The average Bonchev–Trinajstić information content (AvgIpc) is 2.95. The Morgan fingerprint density at radius 3 is 2.23 bits per heavy atom. The second-order valence-corrected chi connectivity index (χ2v) is 6.91. The molecule has 1 unspecified atom stereocenters. The van der Waals surface area contributed by atoms with Crippen LogP contribution in [0, 0.1) is 0 Å². The van der Waals surface area contributed by atoms with E-state index in [1.165, 1.54) is 11.3 Å². The van der Waals surface area contributed by atoms with E-state index >= 15 is 0 Å². The standard InChI is InChI=1S/C21H23N3O2/c25-20-23-19(22-17-12-6-2-7-13-17)21(26,16-10-4-1-5-11-16)24(20)18-14-8-3-9-15-18/h1,3-5,8-11,14-15,17,26H,2,6-7,12-13H2,(H,22,23,25). The number of hydrogen-bond acceptors (Lipinski definition) is 3. The first-order valence-electron chi connectivity index (χ1n) is 9.22. The fraction of sp³-hybridized carbons (Fsp3) is 0.333. The van der Waals surface area contributed by atoms with E-state index in [0.29, 0.717) is 17.1 Å². The molecule has 2 fully saturated rings. The number of aliphatic hydroxyl groups is 1. The zero-order chi connectivity index (χ0) is 18.0. The fourth-order valence-electron chi connectivity index (χ4n) is 3.83. The van der Waals surface area contributed by atoms with E-state index in [-0.39, 0.29) is 12.1 Å². The van der Waals surface area contributed by atoms with E-state index in [1.54, 1.807) is 0 Å². The molecule has 2 amide bonds. The first-order chi connectivity index (χ1) is 12.7. The molecule has 1 aliphatic heterocycles. The Hall–Kier alpha value is -2.66. The molecule has 2 aliphatic rings. The average molecular weight is 349 g/mol. The van der Waals surface area contributed by atoms with Crippen molar-refractivity contribution in [1.82, 2.24) is 5.32 Å². The summed E-state index contributed by atoms with van der Waals surface area (Å²) < 4.78 is 0. The van der Waals surface area contributed by atoms with E-state index in [1.807, 2.05) is 60.7 Å². The number of anilines is 1. The summed E-state index contributed by atoms with van der Waals surface area (Å²) in [6.45, 7) is 0. The van der Waals surface area contributed by atoms with Crippen molar-refractivity contribution in [2.24, 2.45) is 4.99 Å². The number of amidine groups is 1. The number of urea groups is 1. The van der Waals surface area contributed by atoms with Crippen LogP contribution in [0.3, 0.4) is 0 Å². The molecule has 1 heterocycles. The first kappa shape index (κ1) is 16.8. The van der Waals surface area contributed by atoms with Crippen molar-refractivity contribution in [2.45, 2.75) is 43.9 Å². The largest absolute Gasteiger partial charge is 0.360 e. The summed E-state index contributed by atoms with van der Waals surface area (Å²) in [5.74, 6) is 0.324. The molecule has 5 heteroatoms. The van der Waals surface area contributed by atoms with Crippen LogP contribution in [0.4, 0.5) is 10.5 Å². The SMILES string of the molecule is O=C1NC(=NC2CCCCC2)C(O)(c2ccccc2)N1c1ccccc1. The lowest BCUT2D eigenvalue weighted by atomic mass is 9.95. The number of aliphatic imine (C=N–C) groups is 1. The monoisotopic (exact) mass is 349 g/mol. The minimum Gasteiger partial charge on any atom is -0.360 e. The van der Waals surface area contributed by atoms with Crippen LogP contribution in [0.15, 0.2) is 65.7 Å². The zero-order valence-electron chi connectivity index (χ0n) is 14.6. The van der Waals surface area contributed by atoms with E-state index in [4.69, 9.17) is 4.99 Å². The van der Waals surface area contributed by atoms with Gasteiger partial charge in [-0.3, -0.25) is 15.2 Å². The molecular formula is C21H23N3O2. The molecule has 26 heavy (non-hydrogen) atoms. The van der Waals surface area contributed by atoms with Crippen molar-refractivity contribution in [2.75, 3.05) is 4.90 Å². The Morgan fingerprint density at radius 1 is 0.962 bits per heavy atom. The minimum absolute atomic E-state index is 0.144. The molecule has 1 saturated carbocycles. The normalized spacial score (nSPS) is 25.5. The van der Waals surface area contributed by atoms with Gasteiger partial charge in [0.2, 0.25) is 5.72 Å². The van der Waals surface area contributed by atoms with Gasteiger partial charge in [0.05, 0.1) is 6.04 Å². The number of para-hydroxylation sites is 1. The van der Waals surface area contributed by atoms with Gasteiger partial charge < -0.3 is 5.11 Å². The van der Waals surface area contributed by atoms with Gasteiger partial charge in [0.15, 0.2) is 5.84 Å². The number of carbonyl (C=O) groups is 1. The third-order valence-corrected chi connectivity index (χ3v) is 5.16. The molecular weight excluding hydrogens is 326 g/mol. The first-order valence-corrected chi connectivity index (χ1v) is 9.22. The number of nitrogens with one attached hydrogen (secondary N) is 1. The van der Waals surface area contributed by atoms with Gasteiger partial charge in [0.25, 0.3) is 0 Å². The Bertz CT molecular complexity index is 801. The highest BCUT2D eigenvalue weighted by Gasteiger charge is 2.52. The molecule has 1 saturated heterocycles. The molecule has 0 radical (unpaired) electrons. The van der Waals surface area contributed by atoms with Crippen molar-refractivity contribution in [1.29, 1.82) is 0 Å². The van der Waals surface area contributed by atoms with E-state index < -0.39 is 5.72 Å². The number of carbonyl (C=O) groups excluding carboxylic acids is 1. The molecule has 5 nitrogen and oxygen atoms in total. The van der Waals surface area contributed by atoms with Gasteiger partial charge in [-0.2, -0.15) is 0 Å². The minimum atomic E-state index is -1.63. The second-order valence-electron chi connectivity index (χ2n) is 6.91. The third-order valence-electron chi connectivity index (χ3n) is 5.16. The topological polar surface area (TPSA) is 64.9 Å². The van der Waals surface area contributed by atoms with Crippen LogP contribution in [0.2, 0.25) is 0 Å². The van der Waals surface area contributed by atoms with E-state index in [2.05, 4.69) is 5.32 Å². The molecule has 0 aromatic heterocycles. The summed E-state index contributed by atoms with van der Waals surface area (Å²) in [6.07, 6.45) is 5.50. The van der Waals surface area contributed by atoms with Crippen molar-refractivity contribution in [3.05, 3.63) is 66.2 Å². The summed E-state index contributed by atoms with van der Waals surface area (Å²) in [5.41, 5.74) is -0.376. The summed E-state index contributed by atoms with van der Waals surface area (Å²) in [4.78, 5) is 19.0. The number of benzene rings is 2. The second kappa shape index (κ2) is 6.92. The van der Waals surface area contributed by atoms with Crippen LogP contribution < -0.4 is 10.2 Å². The molecule has 0 spiro atoms. The highest BCUT2D eigenvalue weighted by molar-refractivity contribution is 6.18. The predicted molar refractivity (Wildman–Crippen MR) is 102 cm³/mol. The maximum Gasteiger partial charge on any atom is 0.330 e. The van der Waals surface area contributed by atoms with Crippen LogP contribution in [-0.2, 0) is 5.72 Å². The molecule has 0 bridgehead atoms. The van der Waals surface area contributed by atoms with Gasteiger partial charge in [-0.05, 0) is 25.0 Å². The summed E-state index contributed by atoms with van der Waals surface area (Å²) in [7, 11) is 0. The highest BCUT2D eigenvalue weighted by atomic mass is 16.3. The van der Waals surface area contributed by atoms with E-state index in [0.717, 1.165) is 25.7 Å². The van der Waals surface area contributed by atoms with Crippen molar-refractivity contribution in [3.63, 3.8) is 0 Å². The smallest absolute Gasteiger partial charge is 0.330 e. The van der Waals surface area contributed by atoms with Crippen LogP contribution in [-0.4, -0.2) is 23.0 Å². The van der Waals surface area contributed by atoms with Gasteiger partial charge in [-0.1, -0.05) is 67.8 Å². The molecule has 1 aliphatic carbocycles. The Morgan fingerprint density at radius 2 is 1.58 bits per heavy atom. The van der Waals surface area contributed by atoms with Gasteiger partial charge in [0, 0.05) is 11.3 Å². The predicted octanol–water partition coefficient (Wildman–Crippen LogP) is 3.79. The number of hydrogen-bond donors (Lipinski definition) is 2. The van der Waals surface area contributed by atoms with Gasteiger partial charge in [0.1, 0.15) is 0 Å². The van der Waals surface area contributed by atoms with Crippen LogP contribution in [0.5, 0.6) is 0 Å². The van der Waals surface area contributed by atoms with Crippen LogP contribution in [0.25, 0.3) is 0 Å². The van der Waals surface area contributed by atoms with Crippen LogP contribution >= 0.6 is 0 Å². The van der Waals surface area contributed by atoms with Gasteiger partial charge in [-0.25, -0.2) is 4.79 Å². The number of amides is 2. The summed E-state index contributed by atoms with van der Waals surface area (Å²) in [5, 5.41) is 14.6. The van der Waals surface area contributed by atoms with Crippen molar-refractivity contribution >= 4 is 17.6 Å². The molecule has 2 aromatic rings. The Labute approximate surface area is 153 Å². The zero-order valence-corrected chi connectivity index (χ0v) is 14.6. The lowest BCUT2D eigenvalue weighted by Crippen LogP contribution is -2.47. The molecule has 2 aromatic carbocycles. The Balaban J connectivity index is 1.82. The van der Waals surface area contributed by atoms with Crippen molar-refractivity contribution < 1.29 is 9.90 Å². The highest BCUT2D eigenvalue weighted by Crippen LogP contribution is 2.36. The maximum atomic E-state index is 12.8. The molecule has 134 valence electrons. The Kier molecular flexibility index (Phi) is 4.47. The van der Waals surface area contributed by atoms with Gasteiger partial charge >= 0.3 is 6.03 Å². The molecule has 4 rings (SSSR count). The quantitative estimate of drug-likeness (QED) is 0.885. The lowest BCUT2D eigenvalue weighted by Gasteiger charge is -2.33. The number of nitrogens with zero attached hydrogens (tertiary/aromatic N) is 2. The molecule has 1 atom stereocenters. The van der Waals surface area contributed by atoms with E-state index in [9.17, 15) is 9.90 Å².